The summed E-state index contributed by atoms with van der Waals surface area (Å²) in [7, 11) is 2.40. The van der Waals surface area contributed by atoms with Gasteiger partial charge in [-0.15, -0.1) is 0 Å². The van der Waals surface area contributed by atoms with Crippen LogP contribution in [0.2, 0.25) is 0 Å². The van der Waals surface area contributed by atoms with Crippen molar-refractivity contribution in [1.29, 1.82) is 0 Å². The summed E-state index contributed by atoms with van der Waals surface area (Å²) in [5.41, 5.74) is 5.22. The molecule has 1 heterocycles. The van der Waals surface area contributed by atoms with E-state index >= 15 is 0 Å². The maximum absolute atomic E-state index is 14.1. The van der Waals surface area contributed by atoms with Gasteiger partial charge in [0.1, 0.15) is 0 Å². The molecule has 0 fully saturated rings. The molecule has 0 saturated carbocycles. The summed E-state index contributed by atoms with van der Waals surface area (Å²) in [5.74, 6) is -2.56. The highest BCUT2D eigenvalue weighted by molar-refractivity contribution is 5.62. The first-order valence-electron chi connectivity index (χ1n) is 5.25. The van der Waals surface area contributed by atoms with Crippen LogP contribution < -0.4 is 15.2 Å². The Labute approximate surface area is 107 Å². The average molecular weight is 271 g/mol. The van der Waals surface area contributed by atoms with E-state index in [9.17, 15) is 8.78 Å². The molecule has 2 rings (SSSR count). The lowest BCUT2D eigenvalue weighted by atomic mass is 10.1. The van der Waals surface area contributed by atoms with Crippen molar-refractivity contribution in [3.63, 3.8) is 0 Å². The van der Waals surface area contributed by atoms with Gasteiger partial charge in [-0.2, -0.15) is 9.37 Å². The van der Waals surface area contributed by atoms with Crippen molar-refractivity contribution >= 4 is 0 Å². The highest BCUT2D eigenvalue weighted by atomic mass is 19.1. The number of halogens is 2. The van der Waals surface area contributed by atoms with Crippen LogP contribution in [0.1, 0.15) is 5.89 Å². The smallest absolute Gasteiger partial charge is 0.240 e. The molecular formula is C11H11F2N3O3. The Morgan fingerprint density at radius 3 is 2.53 bits per heavy atom. The van der Waals surface area contributed by atoms with Crippen LogP contribution in [0.4, 0.5) is 8.78 Å². The Hall–Kier alpha value is -2.22. The van der Waals surface area contributed by atoms with E-state index in [2.05, 4.69) is 14.9 Å². The fourth-order valence-corrected chi connectivity index (χ4v) is 1.53. The fraction of sp³-hybridized carbons (Fsp3) is 0.273. The Balaban J connectivity index is 2.62. The number of benzene rings is 1. The van der Waals surface area contributed by atoms with Gasteiger partial charge in [-0.1, -0.05) is 5.16 Å². The second kappa shape index (κ2) is 5.19. The van der Waals surface area contributed by atoms with Gasteiger partial charge in [-0.25, -0.2) is 4.39 Å². The molecule has 6 nitrogen and oxygen atoms in total. The number of nitrogens with zero attached hydrogens (tertiary/aromatic N) is 2. The lowest BCUT2D eigenvalue weighted by molar-refractivity contribution is 0.334. The molecule has 0 saturated heterocycles. The zero-order valence-electron chi connectivity index (χ0n) is 10.2. The molecule has 0 aliphatic carbocycles. The van der Waals surface area contributed by atoms with Gasteiger partial charge in [0.25, 0.3) is 0 Å². The van der Waals surface area contributed by atoms with E-state index in [1.165, 1.54) is 7.11 Å². The van der Waals surface area contributed by atoms with Crippen LogP contribution >= 0.6 is 0 Å². The lowest BCUT2D eigenvalue weighted by Gasteiger charge is -2.10. The summed E-state index contributed by atoms with van der Waals surface area (Å²) < 4.78 is 42.1. The Kier molecular flexibility index (Phi) is 3.61. The first-order valence-corrected chi connectivity index (χ1v) is 5.25. The van der Waals surface area contributed by atoms with Crippen LogP contribution in [0.15, 0.2) is 10.6 Å². The van der Waals surface area contributed by atoms with Crippen molar-refractivity contribution < 1.29 is 22.8 Å². The van der Waals surface area contributed by atoms with Gasteiger partial charge in [-0.05, 0) is 6.07 Å². The summed E-state index contributed by atoms with van der Waals surface area (Å²) in [6.07, 6.45) is 0. The Morgan fingerprint density at radius 2 is 2.00 bits per heavy atom. The molecule has 0 aliphatic heterocycles. The minimum Gasteiger partial charge on any atom is -0.494 e. The molecule has 2 N–H and O–H groups in total. The first kappa shape index (κ1) is 13.2. The molecule has 2 aromatic rings. The lowest BCUT2D eigenvalue weighted by Crippen LogP contribution is -2.00. The molecule has 8 heteroatoms. The van der Waals surface area contributed by atoms with Gasteiger partial charge in [0.15, 0.2) is 17.3 Å². The second-order valence-electron chi connectivity index (χ2n) is 3.50. The van der Waals surface area contributed by atoms with Gasteiger partial charge in [-0.3, -0.25) is 0 Å². The maximum Gasteiger partial charge on any atom is 0.240 e. The molecule has 1 aromatic heterocycles. The highest BCUT2D eigenvalue weighted by Gasteiger charge is 2.23. The molecule has 0 aliphatic rings. The van der Waals surface area contributed by atoms with E-state index in [4.69, 9.17) is 15.0 Å². The first-order chi connectivity index (χ1) is 9.12. The Bertz CT molecular complexity index is 601. The molecular weight excluding hydrogens is 260 g/mol. The molecule has 1 aromatic carbocycles. The Morgan fingerprint density at radius 1 is 1.26 bits per heavy atom. The maximum atomic E-state index is 14.1. The van der Waals surface area contributed by atoms with Crippen LogP contribution in [-0.2, 0) is 6.54 Å². The van der Waals surface area contributed by atoms with Crippen LogP contribution in [0.3, 0.4) is 0 Å². The van der Waals surface area contributed by atoms with Gasteiger partial charge in [0.05, 0.1) is 26.3 Å². The van der Waals surface area contributed by atoms with Crippen molar-refractivity contribution in [3.8, 4) is 22.9 Å². The van der Waals surface area contributed by atoms with Gasteiger partial charge in [0, 0.05) is 0 Å². The molecule has 102 valence electrons. The number of hydrogen-bond donors (Lipinski definition) is 1. The summed E-state index contributed by atoms with van der Waals surface area (Å²) in [5, 5.41) is 3.56. The van der Waals surface area contributed by atoms with E-state index in [0.717, 1.165) is 13.2 Å². The largest absolute Gasteiger partial charge is 0.494 e. The molecule has 0 atom stereocenters. The third-order valence-corrected chi connectivity index (χ3v) is 2.43. The topological polar surface area (TPSA) is 83.4 Å². The van der Waals surface area contributed by atoms with Crippen LogP contribution in [0.25, 0.3) is 11.4 Å². The number of nitrogens with two attached hydrogens (primary N) is 1. The third kappa shape index (κ3) is 2.22. The number of ether oxygens (including phenoxy) is 2. The number of hydrogen-bond acceptors (Lipinski definition) is 6. The quantitative estimate of drug-likeness (QED) is 0.907. The van der Waals surface area contributed by atoms with Crippen molar-refractivity contribution in [2.45, 2.75) is 6.54 Å². The van der Waals surface area contributed by atoms with E-state index < -0.39 is 17.4 Å². The minimum absolute atomic E-state index is 0.0179. The molecule has 0 spiro atoms. The molecule has 0 amide bonds. The fourth-order valence-electron chi connectivity index (χ4n) is 1.53. The highest BCUT2D eigenvalue weighted by Crippen LogP contribution is 2.36. The van der Waals surface area contributed by atoms with Gasteiger partial charge >= 0.3 is 0 Å². The minimum atomic E-state index is -0.940. The summed E-state index contributed by atoms with van der Waals surface area (Å²) in [6, 6.07) is 1.12. The van der Waals surface area contributed by atoms with Crippen molar-refractivity contribution in [2.24, 2.45) is 5.73 Å². The predicted molar refractivity (Wildman–Crippen MR) is 60.6 cm³/mol. The van der Waals surface area contributed by atoms with E-state index in [1.54, 1.807) is 0 Å². The average Bonchev–Trinajstić information content (AvgIpc) is 2.88. The van der Waals surface area contributed by atoms with Crippen molar-refractivity contribution in [1.82, 2.24) is 10.1 Å². The molecule has 0 unspecified atom stereocenters. The SMILES string of the molecule is COc1cc(-c2noc(CN)n2)c(F)c(OC)c1F. The van der Waals surface area contributed by atoms with E-state index in [-0.39, 0.29) is 29.6 Å². The predicted octanol–water partition coefficient (Wildman–Crippen LogP) is 1.49. The summed E-state index contributed by atoms with van der Waals surface area (Å²) in [4.78, 5) is 3.86. The zero-order chi connectivity index (χ0) is 14.0. The second-order valence-corrected chi connectivity index (χ2v) is 3.50. The molecule has 0 bridgehead atoms. The van der Waals surface area contributed by atoms with Crippen LogP contribution in [-0.4, -0.2) is 24.4 Å². The van der Waals surface area contributed by atoms with E-state index in [1.807, 2.05) is 0 Å². The number of methoxy groups -OCH3 is 2. The molecule has 19 heavy (non-hydrogen) atoms. The number of rotatable bonds is 4. The van der Waals surface area contributed by atoms with E-state index in [0.29, 0.717) is 0 Å². The zero-order valence-corrected chi connectivity index (χ0v) is 10.2. The third-order valence-electron chi connectivity index (χ3n) is 2.43. The normalized spacial score (nSPS) is 10.6. The van der Waals surface area contributed by atoms with Crippen LogP contribution in [0, 0.1) is 11.6 Å². The van der Waals surface area contributed by atoms with Crippen LogP contribution in [0.5, 0.6) is 11.5 Å². The molecule has 0 radical (unpaired) electrons. The summed E-state index contributed by atoms with van der Waals surface area (Å²) >= 11 is 0. The standard InChI is InChI=1S/C11H11F2N3O3/c1-17-6-3-5(8(12)10(18-2)9(6)13)11-15-7(4-14)19-16-11/h3H,4,14H2,1-2H3. The van der Waals surface area contributed by atoms with Gasteiger partial charge in [0.2, 0.25) is 17.5 Å². The van der Waals surface area contributed by atoms with Crippen molar-refractivity contribution in [3.05, 3.63) is 23.6 Å². The monoisotopic (exact) mass is 271 g/mol. The van der Waals surface area contributed by atoms with Gasteiger partial charge < -0.3 is 19.7 Å². The summed E-state index contributed by atoms with van der Waals surface area (Å²) in [6.45, 7) is 0.0179. The number of aromatic nitrogens is 2. The van der Waals surface area contributed by atoms with Crippen molar-refractivity contribution in [2.75, 3.05) is 14.2 Å².